The summed E-state index contributed by atoms with van der Waals surface area (Å²) in [7, 11) is 0. The van der Waals surface area contributed by atoms with Crippen LogP contribution in [-0.2, 0) is 4.74 Å². The molecule has 0 aliphatic carbocycles. The number of H-pyrrole nitrogens is 2. The van der Waals surface area contributed by atoms with Crippen molar-refractivity contribution in [1.29, 1.82) is 0 Å². The molecule has 2 rings (SSSR count). The molecule has 0 aromatic carbocycles. The van der Waals surface area contributed by atoms with Crippen molar-refractivity contribution in [3.63, 3.8) is 0 Å². The maximum atomic E-state index is 13.3. The van der Waals surface area contributed by atoms with Crippen LogP contribution in [0.25, 0.3) is 0 Å². The minimum Gasteiger partial charge on any atom is -0.394 e. The number of hydrogen-bond acceptors (Lipinski definition) is 4. The third-order valence-corrected chi connectivity index (χ3v) is 2.56. The van der Waals surface area contributed by atoms with Crippen LogP contribution in [0.2, 0.25) is 0 Å². The molecule has 0 unspecified atom stereocenters. The lowest BCUT2D eigenvalue weighted by atomic mass is 10.1. The van der Waals surface area contributed by atoms with Gasteiger partial charge in [-0.15, -0.1) is 0 Å². The Morgan fingerprint density at radius 1 is 1.56 bits per heavy atom. The van der Waals surface area contributed by atoms with E-state index in [0.29, 0.717) is 0 Å². The standard InChI is InChI=1S/C9H11FN2O4/c10-5-1-6(16-7(5)3-13)4-2-11-9(15)12-8(4)14/h2,5-7,13H,1,3H2,(H2,11,12,14,15)/t5-,6+,7+/m0/s1. The zero-order valence-electron chi connectivity index (χ0n) is 8.27. The van der Waals surface area contributed by atoms with Crippen LogP contribution < -0.4 is 11.2 Å². The summed E-state index contributed by atoms with van der Waals surface area (Å²) >= 11 is 0. The van der Waals surface area contributed by atoms with Gasteiger partial charge in [0.15, 0.2) is 0 Å². The molecule has 7 heteroatoms. The van der Waals surface area contributed by atoms with Gasteiger partial charge in [-0.25, -0.2) is 9.18 Å². The highest BCUT2D eigenvalue weighted by molar-refractivity contribution is 5.10. The molecule has 1 aromatic heterocycles. The number of nitrogens with one attached hydrogen (secondary N) is 2. The zero-order valence-corrected chi connectivity index (χ0v) is 8.27. The average Bonchev–Trinajstić information content (AvgIpc) is 2.59. The fourth-order valence-electron chi connectivity index (χ4n) is 1.73. The van der Waals surface area contributed by atoms with E-state index in [4.69, 9.17) is 9.84 Å². The number of aromatic nitrogens is 2. The molecule has 0 saturated carbocycles. The molecule has 88 valence electrons. The molecule has 1 aliphatic rings. The van der Waals surface area contributed by atoms with E-state index >= 15 is 0 Å². The summed E-state index contributed by atoms with van der Waals surface area (Å²) in [6, 6.07) is 0. The van der Waals surface area contributed by atoms with E-state index in [-0.39, 0.29) is 12.0 Å². The lowest BCUT2D eigenvalue weighted by Crippen LogP contribution is -2.26. The van der Waals surface area contributed by atoms with Crippen molar-refractivity contribution in [3.8, 4) is 0 Å². The fraction of sp³-hybridized carbons (Fsp3) is 0.556. The fourth-order valence-corrected chi connectivity index (χ4v) is 1.73. The topological polar surface area (TPSA) is 95.2 Å². The second kappa shape index (κ2) is 4.18. The first kappa shape index (κ1) is 11.0. The van der Waals surface area contributed by atoms with Crippen LogP contribution in [0.3, 0.4) is 0 Å². The molecule has 3 atom stereocenters. The van der Waals surface area contributed by atoms with E-state index < -0.39 is 36.2 Å². The number of aliphatic hydroxyl groups is 1. The molecule has 6 nitrogen and oxygen atoms in total. The van der Waals surface area contributed by atoms with Gasteiger partial charge in [0.1, 0.15) is 12.3 Å². The Balaban J connectivity index is 2.27. The lowest BCUT2D eigenvalue weighted by molar-refractivity contribution is -0.00680. The number of alkyl halides is 1. The number of halogens is 1. The third-order valence-electron chi connectivity index (χ3n) is 2.56. The first-order valence-electron chi connectivity index (χ1n) is 4.84. The summed E-state index contributed by atoms with van der Waals surface area (Å²) < 4.78 is 18.4. The smallest absolute Gasteiger partial charge is 0.325 e. The van der Waals surface area contributed by atoms with Crippen molar-refractivity contribution >= 4 is 0 Å². The average molecular weight is 230 g/mol. The van der Waals surface area contributed by atoms with Crippen molar-refractivity contribution in [2.75, 3.05) is 6.61 Å². The van der Waals surface area contributed by atoms with E-state index in [0.717, 1.165) is 0 Å². The van der Waals surface area contributed by atoms with Crippen LogP contribution in [-0.4, -0.2) is 34.0 Å². The first-order chi connectivity index (χ1) is 7.61. The Morgan fingerprint density at radius 3 is 2.88 bits per heavy atom. The largest absolute Gasteiger partial charge is 0.394 e. The summed E-state index contributed by atoms with van der Waals surface area (Å²) in [5.41, 5.74) is -1.06. The van der Waals surface area contributed by atoms with Crippen LogP contribution in [0, 0.1) is 0 Å². The normalized spacial score (nSPS) is 29.5. The predicted molar refractivity (Wildman–Crippen MR) is 51.9 cm³/mol. The van der Waals surface area contributed by atoms with Gasteiger partial charge in [-0.05, 0) is 0 Å². The van der Waals surface area contributed by atoms with Crippen LogP contribution >= 0.6 is 0 Å². The van der Waals surface area contributed by atoms with Gasteiger partial charge in [0.25, 0.3) is 5.56 Å². The van der Waals surface area contributed by atoms with Crippen LogP contribution in [0.1, 0.15) is 18.1 Å². The molecule has 16 heavy (non-hydrogen) atoms. The van der Waals surface area contributed by atoms with Crippen molar-refractivity contribution in [2.45, 2.75) is 24.8 Å². The highest BCUT2D eigenvalue weighted by Crippen LogP contribution is 2.32. The summed E-state index contributed by atoms with van der Waals surface area (Å²) in [6.45, 7) is -0.432. The Kier molecular flexibility index (Phi) is 2.88. The van der Waals surface area contributed by atoms with Gasteiger partial charge in [0, 0.05) is 12.6 Å². The van der Waals surface area contributed by atoms with Crippen molar-refractivity contribution < 1.29 is 14.2 Å². The van der Waals surface area contributed by atoms with Crippen LogP contribution in [0.4, 0.5) is 4.39 Å². The number of hydrogen-bond donors (Lipinski definition) is 3. The SMILES string of the molecule is O=c1[nH]cc([C@H]2C[C@H](F)[C@@H](CO)O2)c(=O)[nH]1. The Labute approximate surface area is 89.1 Å². The zero-order chi connectivity index (χ0) is 11.7. The highest BCUT2D eigenvalue weighted by Gasteiger charge is 2.36. The van der Waals surface area contributed by atoms with Gasteiger partial charge in [-0.2, -0.15) is 0 Å². The second-order valence-corrected chi connectivity index (χ2v) is 3.62. The van der Waals surface area contributed by atoms with Gasteiger partial charge in [-0.1, -0.05) is 0 Å². The number of aromatic amines is 2. The van der Waals surface area contributed by atoms with E-state index in [1.54, 1.807) is 0 Å². The summed E-state index contributed by atoms with van der Waals surface area (Å²) in [4.78, 5) is 26.5. The third kappa shape index (κ3) is 1.91. The van der Waals surface area contributed by atoms with E-state index in [1.165, 1.54) is 6.20 Å². The number of rotatable bonds is 2. The number of aliphatic hydroxyl groups excluding tert-OH is 1. The maximum Gasteiger partial charge on any atom is 0.325 e. The maximum absolute atomic E-state index is 13.3. The molecule has 0 bridgehead atoms. The van der Waals surface area contributed by atoms with E-state index in [2.05, 4.69) is 4.98 Å². The molecule has 0 spiro atoms. The Hall–Kier alpha value is -1.47. The molecule has 0 amide bonds. The molecule has 3 N–H and O–H groups in total. The summed E-state index contributed by atoms with van der Waals surface area (Å²) in [5, 5.41) is 8.81. The minimum absolute atomic E-state index is 0.000348. The van der Waals surface area contributed by atoms with Crippen molar-refractivity contribution in [2.24, 2.45) is 0 Å². The van der Waals surface area contributed by atoms with Gasteiger partial charge in [0.2, 0.25) is 0 Å². The molecule has 1 aromatic rings. The van der Waals surface area contributed by atoms with E-state index in [9.17, 15) is 14.0 Å². The number of ether oxygens (including phenoxy) is 1. The van der Waals surface area contributed by atoms with Gasteiger partial charge in [0.05, 0.1) is 18.3 Å². The molecule has 2 heterocycles. The lowest BCUT2D eigenvalue weighted by Gasteiger charge is -2.10. The molecule has 1 fully saturated rings. The molecule has 1 saturated heterocycles. The van der Waals surface area contributed by atoms with Crippen LogP contribution in [0.15, 0.2) is 15.8 Å². The minimum atomic E-state index is -1.30. The summed E-state index contributed by atoms with van der Waals surface area (Å²) in [6.07, 6.45) is -1.73. The van der Waals surface area contributed by atoms with Crippen molar-refractivity contribution in [1.82, 2.24) is 9.97 Å². The predicted octanol–water partition coefficient (Wildman–Crippen LogP) is -0.776. The van der Waals surface area contributed by atoms with Gasteiger partial charge >= 0.3 is 5.69 Å². The second-order valence-electron chi connectivity index (χ2n) is 3.62. The molecule has 1 aliphatic heterocycles. The molecular formula is C9H11FN2O4. The van der Waals surface area contributed by atoms with Crippen molar-refractivity contribution in [3.05, 3.63) is 32.6 Å². The van der Waals surface area contributed by atoms with E-state index in [1.807, 2.05) is 4.98 Å². The first-order valence-corrected chi connectivity index (χ1v) is 4.84. The van der Waals surface area contributed by atoms with Gasteiger partial charge < -0.3 is 14.8 Å². The quantitative estimate of drug-likeness (QED) is 0.621. The van der Waals surface area contributed by atoms with Crippen LogP contribution in [0.5, 0.6) is 0 Å². The molecule has 0 radical (unpaired) electrons. The van der Waals surface area contributed by atoms with Gasteiger partial charge in [-0.3, -0.25) is 9.78 Å². The summed E-state index contributed by atoms with van der Waals surface area (Å²) in [5.74, 6) is 0. The Bertz CT molecular complexity index is 483. The highest BCUT2D eigenvalue weighted by atomic mass is 19.1. The monoisotopic (exact) mass is 230 g/mol. The Morgan fingerprint density at radius 2 is 2.31 bits per heavy atom. The molecular weight excluding hydrogens is 219 g/mol.